The number of hydrogen-bond acceptors (Lipinski definition) is 4. The molecule has 1 aliphatic rings. The van der Waals surface area contributed by atoms with Crippen molar-refractivity contribution < 1.29 is 9.50 Å². The molecule has 0 bridgehead atoms. The molecule has 1 N–H and O–H groups in total. The maximum absolute atomic E-state index is 13.9. The van der Waals surface area contributed by atoms with E-state index in [1.54, 1.807) is 6.07 Å². The number of nitriles is 1. The molecule has 0 spiro atoms. The van der Waals surface area contributed by atoms with Gasteiger partial charge in [0.2, 0.25) is 0 Å². The molecule has 22 heavy (non-hydrogen) atoms. The molecule has 0 unspecified atom stereocenters. The first kappa shape index (κ1) is 16.9. The van der Waals surface area contributed by atoms with E-state index in [4.69, 9.17) is 5.26 Å². The first-order chi connectivity index (χ1) is 10.5. The number of piperazine rings is 1. The molecule has 5 heteroatoms. The summed E-state index contributed by atoms with van der Waals surface area (Å²) < 4.78 is 13.9. The third-order valence-corrected chi connectivity index (χ3v) is 4.23. The molecule has 1 heterocycles. The molecule has 0 amide bonds. The van der Waals surface area contributed by atoms with Crippen LogP contribution in [0.1, 0.15) is 31.4 Å². The van der Waals surface area contributed by atoms with Gasteiger partial charge >= 0.3 is 0 Å². The van der Waals surface area contributed by atoms with Crippen LogP contribution in [0.3, 0.4) is 0 Å². The molecule has 120 valence electrons. The van der Waals surface area contributed by atoms with E-state index in [1.165, 1.54) is 12.1 Å². The number of benzene rings is 1. The Bertz CT molecular complexity index is 541. The predicted octanol–water partition coefficient (Wildman–Crippen LogP) is 1.97. The zero-order valence-corrected chi connectivity index (χ0v) is 13.3. The Balaban J connectivity index is 2.02. The second-order valence-electron chi connectivity index (χ2n) is 6.06. The molecule has 0 radical (unpaired) electrons. The number of aliphatic hydroxyl groups is 1. The van der Waals surface area contributed by atoms with Gasteiger partial charge in [0.1, 0.15) is 5.82 Å². The summed E-state index contributed by atoms with van der Waals surface area (Å²) in [5, 5.41) is 18.5. The average molecular weight is 305 g/mol. The summed E-state index contributed by atoms with van der Waals surface area (Å²) in [5.41, 5.74) is 1.08. The highest BCUT2D eigenvalue weighted by molar-refractivity contribution is 5.33. The third-order valence-electron chi connectivity index (χ3n) is 4.23. The Morgan fingerprint density at radius 3 is 2.86 bits per heavy atom. The van der Waals surface area contributed by atoms with E-state index in [-0.39, 0.29) is 11.9 Å². The van der Waals surface area contributed by atoms with Crippen LogP contribution in [0, 0.1) is 17.1 Å². The summed E-state index contributed by atoms with van der Waals surface area (Å²) >= 11 is 0. The summed E-state index contributed by atoms with van der Waals surface area (Å²) in [6.07, 6.45) is 0.676. The fourth-order valence-corrected chi connectivity index (χ4v) is 3.07. The van der Waals surface area contributed by atoms with Crippen molar-refractivity contribution in [3.8, 4) is 6.07 Å². The van der Waals surface area contributed by atoms with Crippen LogP contribution < -0.4 is 0 Å². The molecule has 2 atom stereocenters. The Morgan fingerprint density at radius 2 is 2.23 bits per heavy atom. The fourth-order valence-electron chi connectivity index (χ4n) is 3.07. The van der Waals surface area contributed by atoms with Gasteiger partial charge in [-0.2, -0.15) is 5.26 Å². The van der Waals surface area contributed by atoms with Gasteiger partial charge < -0.3 is 5.11 Å². The standard InChI is InChI=1S/C17H24FN3O/c1-3-16-12-20(6-7-21(16)10-13(2)22)11-15-8-14(9-19)4-5-17(15)18/h4-5,8,13,16,22H,3,6-7,10-12H2,1-2H3/t13-,16+/m1/s1. The lowest BCUT2D eigenvalue weighted by Gasteiger charge is -2.41. The number of rotatable bonds is 5. The van der Waals surface area contributed by atoms with E-state index in [2.05, 4.69) is 22.8 Å². The fraction of sp³-hybridized carbons (Fsp3) is 0.588. The number of aliphatic hydroxyl groups excluding tert-OH is 1. The second kappa shape index (κ2) is 7.68. The minimum Gasteiger partial charge on any atom is -0.392 e. The van der Waals surface area contributed by atoms with Crippen molar-refractivity contribution in [2.75, 3.05) is 26.2 Å². The zero-order chi connectivity index (χ0) is 16.1. The Morgan fingerprint density at radius 1 is 1.45 bits per heavy atom. The van der Waals surface area contributed by atoms with Crippen molar-refractivity contribution in [1.82, 2.24) is 9.80 Å². The Hall–Kier alpha value is -1.48. The van der Waals surface area contributed by atoms with Crippen LogP contribution in [-0.4, -0.2) is 53.2 Å². The van der Waals surface area contributed by atoms with Crippen LogP contribution in [0.2, 0.25) is 0 Å². The predicted molar refractivity (Wildman–Crippen MR) is 83.7 cm³/mol. The largest absolute Gasteiger partial charge is 0.392 e. The zero-order valence-electron chi connectivity index (χ0n) is 13.3. The van der Waals surface area contributed by atoms with Crippen LogP contribution in [0.5, 0.6) is 0 Å². The lowest BCUT2D eigenvalue weighted by atomic mass is 10.1. The topological polar surface area (TPSA) is 50.5 Å². The maximum atomic E-state index is 13.9. The van der Waals surface area contributed by atoms with Crippen molar-refractivity contribution in [2.24, 2.45) is 0 Å². The molecule has 1 fully saturated rings. The number of nitrogens with zero attached hydrogens (tertiary/aromatic N) is 3. The molecule has 1 aromatic carbocycles. The van der Waals surface area contributed by atoms with Gasteiger partial charge in [-0.25, -0.2) is 4.39 Å². The van der Waals surface area contributed by atoms with Gasteiger partial charge in [-0.3, -0.25) is 9.80 Å². The minimum atomic E-state index is -0.328. The van der Waals surface area contributed by atoms with Crippen molar-refractivity contribution in [3.63, 3.8) is 0 Å². The van der Waals surface area contributed by atoms with Gasteiger partial charge in [0.15, 0.2) is 0 Å². The first-order valence-electron chi connectivity index (χ1n) is 7.86. The highest BCUT2D eigenvalue weighted by Crippen LogP contribution is 2.18. The van der Waals surface area contributed by atoms with Crippen molar-refractivity contribution in [1.29, 1.82) is 5.26 Å². The summed E-state index contributed by atoms with van der Waals surface area (Å²) in [6, 6.07) is 6.95. The summed E-state index contributed by atoms with van der Waals surface area (Å²) in [6.45, 7) is 7.74. The van der Waals surface area contributed by atoms with Gasteiger partial charge in [0.05, 0.1) is 17.7 Å². The Kier molecular flexibility index (Phi) is 5.90. The molecule has 4 nitrogen and oxygen atoms in total. The molecule has 1 saturated heterocycles. The van der Waals surface area contributed by atoms with Crippen molar-refractivity contribution >= 4 is 0 Å². The molecule has 2 rings (SSSR count). The first-order valence-corrected chi connectivity index (χ1v) is 7.86. The van der Waals surface area contributed by atoms with E-state index < -0.39 is 0 Å². The van der Waals surface area contributed by atoms with Gasteiger partial charge in [-0.1, -0.05) is 6.92 Å². The number of halogens is 1. The van der Waals surface area contributed by atoms with E-state index in [0.717, 1.165) is 26.1 Å². The number of hydrogen-bond donors (Lipinski definition) is 1. The van der Waals surface area contributed by atoms with E-state index >= 15 is 0 Å². The molecule has 0 saturated carbocycles. The normalized spacial score (nSPS) is 21.5. The maximum Gasteiger partial charge on any atom is 0.127 e. The molecule has 0 aromatic heterocycles. The molecular weight excluding hydrogens is 281 g/mol. The average Bonchev–Trinajstić information content (AvgIpc) is 2.50. The summed E-state index contributed by atoms with van der Waals surface area (Å²) in [7, 11) is 0. The smallest absolute Gasteiger partial charge is 0.127 e. The van der Waals surface area contributed by atoms with Crippen molar-refractivity contribution in [2.45, 2.75) is 39.0 Å². The highest BCUT2D eigenvalue weighted by Gasteiger charge is 2.26. The van der Waals surface area contributed by atoms with Crippen LogP contribution in [0.25, 0.3) is 0 Å². The van der Waals surface area contributed by atoms with Crippen LogP contribution in [0.4, 0.5) is 4.39 Å². The van der Waals surface area contributed by atoms with Gasteiger partial charge in [-0.05, 0) is 31.5 Å². The quantitative estimate of drug-likeness (QED) is 0.904. The lowest BCUT2D eigenvalue weighted by molar-refractivity contribution is 0.0334. The van der Waals surface area contributed by atoms with Crippen LogP contribution in [0.15, 0.2) is 18.2 Å². The van der Waals surface area contributed by atoms with Crippen LogP contribution in [-0.2, 0) is 6.54 Å². The van der Waals surface area contributed by atoms with Gasteiger partial charge in [0, 0.05) is 44.3 Å². The molecular formula is C17H24FN3O. The Labute approximate surface area is 131 Å². The lowest BCUT2D eigenvalue weighted by Crippen LogP contribution is -2.54. The minimum absolute atomic E-state index is 0.251. The molecule has 1 aliphatic heterocycles. The molecule has 0 aliphatic carbocycles. The van der Waals surface area contributed by atoms with E-state index in [1.807, 2.05) is 6.92 Å². The highest BCUT2D eigenvalue weighted by atomic mass is 19.1. The van der Waals surface area contributed by atoms with Crippen molar-refractivity contribution in [3.05, 3.63) is 35.1 Å². The second-order valence-corrected chi connectivity index (χ2v) is 6.06. The monoisotopic (exact) mass is 305 g/mol. The van der Waals surface area contributed by atoms with E-state index in [9.17, 15) is 9.50 Å². The SMILES string of the molecule is CC[C@H]1CN(Cc2cc(C#N)ccc2F)CCN1C[C@@H](C)O. The third kappa shape index (κ3) is 4.26. The van der Waals surface area contributed by atoms with Gasteiger partial charge in [0.25, 0.3) is 0 Å². The summed E-state index contributed by atoms with van der Waals surface area (Å²) in [5.74, 6) is -0.251. The number of β-amino-alcohol motifs (C(OH)–C–C–N with tert-alkyl or cyclic N) is 1. The summed E-state index contributed by atoms with van der Waals surface area (Å²) in [4.78, 5) is 4.54. The molecule has 1 aromatic rings. The van der Waals surface area contributed by atoms with Gasteiger partial charge in [-0.15, -0.1) is 0 Å². The van der Waals surface area contributed by atoms with E-state index in [0.29, 0.717) is 30.3 Å². The van der Waals surface area contributed by atoms with Crippen LogP contribution >= 0.6 is 0 Å².